The number of rotatable bonds is 0. The summed E-state index contributed by atoms with van der Waals surface area (Å²) < 4.78 is 0. The number of aromatic nitrogens is 2. The van der Waals surface area contributed by atoms with Crippen LogP contribution in [-0.2, 0) is 11.8 Å². The Hall–Kier alpha value is -2.20. The number of nitrogens with one attached hydrogen (secondary N) is 1. The van der Waals surface area contributed by atoms with E-state index in [0.717, 1.165) is 29.5 Å². The van der Waals surface area contributed by atoms with Crippen molar-refractivity contribution in [3.8, 4) is 5.75 Å². The first kappa shape index (κ1) is 14.9. The predicted octanol–water partition coefficient (Wildman–Crippen LogP) is 3.83. The van der Waals surface area contributed by atoms with Gasteiger partial charge in [-0.1, -0.05) is 25.0 Å². The quantitative estimate of drug-likeness (QED) is 0.608. The Balaban J connectivity index is 1.69. The summed E-state index contributed by atoms with van der Waals surface area (Å²) in [7, 11) is 0. The zero-order valence-electron chi connectivity index (χ0n) is 14.8. The summed E-state index contributed by atoms with van der Waals surface area (Å²) in [5.74, 6) is 0.996. The highest BCUT2D eigenvalue weighted by atomic mass is 16.3. The Kier molecular flexibility index (Phi) is 2.96. The van der Waals surface area contributed by atoms with Gasteiger partial charge in [-0.05, 0) is 67.5 Å². The molecular formula is C22H23N3O. The van der Waals surface area contributed by atoms with Gasteiger partial charge in [-0.15, -0.1) is 0 Å². The maximum Gasteiger partial charge on any atom is 0.143 e. The van der Waals surface area contributed by atoms with E-state index >= 15 is 0 Å². The Morgan fingerprint density at radius 3 is 2.69 bits per heavy atom. The number of nitrogens with zero attached hydrogens (tertiary/aromatic N) is 2. The van der Waals surface area contributed by atoms with Crippen LogP contribution in [0.15, 0.2) is 30.3 Å². The molecule has 26 heavy (non-hydrogen) atoms. The van der Waals surface area contributed by atoms with Crippen LogP contribution < -0.4 is 5.32 Å². The zero-order valence-corrected chi connectivity index (χ0v) is 14.8. The molecule has 0 spiro atoms. The van der Waals surface area contributed by atoms with Gasteiger partial charge in [0.2, 0.25) is 0 Å². The molecule has 2 heterocycles. The second-order valence-electron chi connectivity index (χ2n) is 8.35. The van der Waals surface area contributed by atoms with E-state index in [9.17, 15) is 5.11 Å². The van der Waals surface area contributed by atoms with Crippen molar-refractivity contribution in [2.24, 2.45) is 5.92 Å². The average Bonchev–Trinajstić information content (AvgIpc) is 2.68. The standard InChI is InChI=1S/C22H23N3O/c26-19-12-15-13(20-21(19)25-17-7-2-1-6-16(17)24-20)11-18-14-5-3-4-8-22(14,15)9-10-23-18/h1-2,6-7,12,14,18,23,26H,3-5,8-11H2/t14?,18-,22-/m0/s1. The van der Waals surface area contributed by atoms with Crippen molar-refractivity contribution in [2.75, 3.05) is 6.54 Å². The van der Waals surface area contributed by atoms with Gasteiger partial charge in [0.1, 0.15) is 11.3 Å². The third-order valence-corrected chi connectivity index (χ3v) is 7.23. The molecule has 3 aliphatic rings. The van der Waals surface area contributed by atoms with E-state index in [0.29, 0.717) is 23.2 Å². The van der Waals surface area contributed by atoms with E-state index in [1.54, 1.807) is 0 Å². The summed E-state index contributed by atoms with van der Waals surface area (Å²) in [5.41, 5.74) is 6.25. The lowest BCUT2D eigenvalue weighted by molar-refractivity contribution is 0.0800. The first-order valence-electron chi connectivity index (χ1n) is 9.91. The number of hydrogen-bond acceptors (Lipinski definition) is 4. The molecule has 2 fully saturated rings. The zero-order chi connectivity index (χ0) is 17.3. The number of phenols is 1. The van der Waals surface area contributed by atoms with Crippen molar-refractivity contribution in [3.05, 3.63) is 41.5 Å². The van der Waals surface area contributed by atoms with Gasteiger partial charge >= 0.3 is 0 Å². The van der Waals surface area contributed by atoms with Crippen LogP contribution in [0.5, 0.6) is 5.75 Å². The van der Waals surface area contributed by atoms with Gasteiger partial charge in [0.05, 0.1) is 16.6 Å². The Labute approximate surface area is 152 Å². The van der Waals surface area contributed by atoms with Gasteiger partial charge in [0.15, 0.2) is 0 Å². The van der Waals surface area contributed by atoms with Crippen LogP contribution in [0.25, 0.3) is 22.1 Å². The molecule has 4 heteroatoms. The van der Waals surface area contributed by atoms with E-state index in [1.165, 1.54) is 43.2 Å². The van der Waals surface area contributed by atoms with Crippen LogP contribution in [0.1, 0.15) is 43.2 Å². The summed E-state index contributed by atoms with van der Waals surface area (Å²) in [4.78, 5) is 9.71. The molecule has 0 amide bonds. The van der Waals surface area contributed by atoms with Crippen molar-refractivity contribution < 1.29 is 5.11 Å². The average molecular weight is 345 g/mol. The van der Waals surface area contributed by atoms with Gasteiger partial charge in [-0.25, -0.2) is 9.97 Å². The molecule has 2 bridgehead atoms. The number of benzene rings is 2. The van der Waals surface area contributed by atoms with Crippen molar-refractivity contribution in [2.45, 2.75) is 50.0 Å². The molecule has 1 saturated carbocycles. The number of piperidine rings is 1. The second kappa shape index (κ2) is 5.17. The van der Waals surface area contributed by atoms with E-state index in [-0.39, 0.29) is 5.41 Å². The molecule has 3 aromatic rings. The molecule has 132 valence electrons. The van der Waals surface area contributed by atoms with Crippen molar-refractivity contribution in [1.82, 2.24) is 15.3 Å². The fourth-order valence-corrected chi connectivity index (χ4v) is 6.15. The fraction of sp³-hybridized carbons (Fsp3) is 0.455. The predicted molar refractivity (Wildman–Crippen MR) is 102 cm³/mol. The highest BCUT2D eigenvalue weighted by Gasteiger charge is 2.52. The SMILES string of the molecule is Oc1cc2c(c3nc4ccccc4nc13)C[C@@H]1NCC[C@]23CCCCC13. The van der Waals surface area contributed by atoms with Crippen molar-refractivity contribution in [3.63, 3.8) is 0 Å². The van der Waals surface area contributed by atoms with Gasteiger partial charge in [0, 0.05) is 11.5 Å². The molecule has 3 atom stereocenters. The highest BCUT2D eigenvalue weighted by molar-refractivity contribution is 5.92. The molecule has 6 rings (SSSR count). The van der Waals surface area contributed by atoms with Crippen LogP contribution in [0.4, 0.5) is 0 Å². The van der Waals surface area contributed by atoms with Crippen LogP contribution in [0.2, 0.25) is 0 Å². The highest BCUT2D eigenvalue weighted by Crippen LogP contribution is 2.55. The number of phenolic OH excluding ortho intramolecular Hbond substituents is 1. The molecule has 2 aromatic carbocycles. The Morgan fingerprint density at radius 2 is 1.85 bits per heavy atom. The first-order chi connectivity index (χ1) is 12.8. The lowest BCUT2D eigenvalue weighted by Gasteiger charge is -2.56. The van der Waals surface area contributed by atoms with Gasteiger partial charge in [0.25, 0.3) is 0 Å². The Morgan fingerprint density at radius 1 is 1.04 bits per heavy atom. The molecule has 1 aliphatic heterocycles. The number of para-hydroxylation sites is 2. The molecular weight excluding hydrogens is 322 g/mol. The summed E-state index contributed by atoms with van der Waals surface area (Å²) >= 11 is 0. The van der Waals surface area contributed by atoms with Crippen LogP contribution >= 0.6 is 0 Å². The minimum absolute atomic E-state index is 0.223. The summed E-state index contributed by atoms with van der Waals surface area (Å²) in [5, 5.41) is 14.6. The lowest BCUT2D eigenvalue weighted by atomic mass is 9.52. The number of hydrogen-bond donors (Lipinski definition) is 2. The number of aromatic hydroxyl groups is 1. The molecule has 0 radical (unpaired) electrons. The summed E-state index contributed by atoms with van der Waals surface area (Å²) in [6.45, 7) is 1.09. The minimum Gasteiger partial charge on any atom is -0.506 e. The van der Waals surface area contributed by atoms with Crippen molar-refractivity contribution >= 4 is 22.1 Å². The largest absolute Gasteiger partial charge is 0.506 e. The minimum atomic E-state index is 0.223. The topological polar surface area (TPSA) is 58.0 Å². The molecule has 2 aliphatic carbocycles. The summed E-state index contributed by atoms with van der Waals surface area (Å²) in [6.07, 6.45) is 7.36. The second-order valence-corrected chi connectivity index (χ2v) is 8.35. The maximum absolute atomic E-state index is 10.9. The van der Waals surface area contributed by atoms with Crippen molar-refractivity contribution in [1.29, 1.82) is 0 Å². The Bertz CT molecular complexity index is 1040. The van der Waals surface area contributed by atoms with Gasteiger partial charge < -0.3 is 10.4 Å². The molecule has 4 nitrogen and oxygen atoms in total. The normalized spacial score (nSPS) is 30.2. The van der Waals surface area contributed by atoms with E-state index in [4.69, 9.17) is 9.97 Å². The fourth-order valence-electron chi connectivity index (χ4n) is 6.15. The molecule has 1 saturated heterocycles. The maximum atomic E-state index is 10.9. The third kappa shape index (κ3) is 1.83. The van der Waals surface area contributed by atoms with Crippen LogP contribution in [0.3, 0.4) is 0 Å². The smallest absolute Gasteiger partial charge is 0.143 e. The third-order valence-electron chi connectivity index (χ3n) is 7.23. The van der Waals surface area contributed by atoms with Gasteiger partial charge in [-0.2, -0.15) is 0 Å². The molecule has 1 aromatic heterocycles. The van der Waals surface area contributed by atoms with E-state index in [2.05, 4.69) is 5.32 Å². The van der Waals surface area contributed by atoms with E-state index in [1.807, 2.05) is 30.3 Å². The first-order valence-corrected chi connectivity index (χ1v) is 9.91. The molecule has 1 unspecified atom stereocenters. The monoisotopic (exact) mass is 345 g/mol. The van der Waals surface area contributed by atoms with E-state index < -0.39 is 0 Å². The summed E-state index contributed by atoms with van der Waals surface area (Å²) in [6, 6.07) is 10.5. The van der Waals surface area contributed by atoms with Gasteiger partial charge in [-0.3, -0.25) is 0 Å². The molecule has 2 N–H and O–H groups in total. The van der Waals surface area contributed by atoms with Crippen LogP contribution in [0, 0.1) is 5.92 Å². The lowest BCUT2D eigenvalue weighted by Crippen LogP contribution is -2.59. The number of fused-ring (bicyclic) bond motifs is 4. The van der Waals surface area contributed by atoms with Crippen LogP contribution in [-0.4, -0.2) is 27.7 Å².